The summed E-state index contributed by atoms with van der Waals surface area (Å²) >= 11 is 0. The second kappa shape index (κ2) is 5.61. The highest BCUT2D eigenvalue weighted by Gasteiger charge is 2.08. The van der Waals surface area contributed by atoms with Gasteiger partial charge in [-0.15, -0.1) is 0 Å². The molecule has 19 heavy (non-hydrogen) atoms. The molecule has 0 amide bonds. The van der Waals surface area contributed by atoms with Gasteiger partial charge in [-0.05, 0) is 31.2 Å². The van der Waals surface area contributed by atoms with Gasteiger partial charge in [-0.3, -0.25) is 4.98 Å². The normalized spacial score (nSPS) is 10.3. The molecule has 0 spiro atoms. The summed E-state index contributed by atoms with van der Waals surface area (Å²) in [5.41, 5.74) is 9.77. The number of benzene rings is 1. The van der Waals surface area contributed by atoms with E-state index in [2.05, 4.69) is 9.88 Å². The van der Waals surface area contributed by atoms with Gasteiger partial charge in [0.25, 0.3) is 0 Å². The van der Waals surface area contributed by atoms with Crippen LogP contribution in [0.3, 0.4) is 0 Å². The number of ether oxygens (including phenoxy) is 1. The highest BCUT2D eigenvalue weighted by atomic mass is 16.5. The van der Waals surface area contributed by atoms with Gasteiger partial charge >= 0.3 is 0 Å². The molecule has 2 rings (SSSR count). The van der Waals surface area contributed by atoms with Crippen LogP contribution in [0.1, 0.15) is 11.4 Å². The summed E-state index contributed by atoms with van der Waals surface area (Å²) in [6.45, 7) is 2.71. The highest BCUT2D eigenvalue weighted by Crippen LogP contribution is 2.27. The van der Waals surface area contributed by atoms with Crippen LogP contribution in [0, 0.1) is 6.92 Å². The monoisotopic (exact) mass is 257 g/mol. The molecular weight excluding hydrogens is 238 g/mol. The molecular formula is C15H19N3O. The summed E-state index contributed by atoms with van der Waals surface area (Å²) in [4.78, 5) is 6.57. The summed E-state index contributed by atoms with van der Waals surface area (Å²) in [5.74, 6) is 0.767. The van der Waals surface area contributed by atoms with Crippen molar-refractivity contribution in [2.75, 3.05) is 24.8 Å². The predicted molar refractivity (Wildman–Crippen MR) is 78.5 cm³/mol. The predicted octanol–water partition coefficient (Wildman–Crippen LogP) is 2.62. The molecule has 0 saturated heterocycles. The topological polar surface area (TPSA) is 51.4 Å². The minimum Gasteiger partial charge on any atom is -0.497 e. The number of hydrogen-bond acceptors (Lipinski definition) is 4. The number of hydrogen-bond donors (Lipinski definition) is 1. The second-order valence-corrected chi connectivity index (χ2v) is 4.55. The lowest BCUT2D eigenvalue weighted by Gasteiger charge is -2.21. The number of methoxy groups -OCH3 is 1. The molecule has 4 nitrogen and oxygen atoms in total. The van der Waals surface area contributed by atoms with Crippen molar-refractivity contribution < 1.29 is 4.74 Å². The quantitative estimate of drug-likeness (QED) is 0.855. The van der Waals surface area contributed by atoms with Crippen molar-refractivity contribution in [3.05, 3.63) is 47.8 Å². The van der Waals surface area contributed by atoms with Gasteiger partial charge in [0.1, 0.15) is 5.75 Å². The zero-order chi connectivity index (χ0) is 13.8. The van der Waals surface area contributed by atoms with Gasteiger partial charge in [0.15, 0.2) is 0 Å². The van der Waals surface area contributed by atoms with Gasteiger partial charge in [0.05, 0.1) is 30.7 Å². The number of pyridine rings is 1. The Labute approximate surface area is 113 Å². The molecule has 0 aliphatic rings. The molecule has 2 N–H and O–H groups in total. The van der Waals surface area contributed by atoms with E-state index >= 15 is 0 Å². The van der Waals surface area contributed by atoms with Crippen LogP contribution in [0.2, 0.25) is 0 Å². The van der Waals surface area contributed by atoms with Crippen molar-refractivity contribution in [2.24, 2.45) is 0 Å². The minimum absolute atomic E-state index is 0.703. The van der Waals surface area contributed by atoms with E-state index in [4.69, 9.17) is 10.5 Å². The Hall–Kier alpha value is -2.23. The fourth-order valence-electron chi connectivity index (χ4n) is 2.02. The molecule has 0 aliphatic heterocycles. The Balaban J connectivity index is 2.18. The molecule has 0 bridgehead atoms. The molecule has 2 aromatic rings. The maximum absolute atomic E-state index is 6.04. The largest absolute Gasteiger partial charge is 0.497 e. The molecule has 0 radical (unpaired) electrons. The fourth-order valence-corrected chi connectivity index (χ4v) is 2.02. The summed E-state index contributed by atoms with van der Waals surface area (Å²) in [6, 6.07) is 11.7. The SMILES string of the molecule is COc1ccc(N(C)Cc2cccc(C)n2)c(N)c1. The van der Waals surface area contributed by atoms with E-state index < -0.39 is 0 Å². The zero-order valence-corrected chi connectivity index (χ0v) is 11.6. The van der Waals surface area contributed by atoms with Gasteiger partial charge < -0.3 is 15.4 Å². The third-order valence-electron chi connectivity index (χ3n) is 2.99. The average molecular weight is 257 g/mol. The van der Waals surface area contributed by atoms with Crippen molar-refractivity contribution in [2.45, 2.75) is 13.5 Å². The smallest absolute Gasteiger partial charge is 0.121 e. The van der Waals surface area contributed by atoms with E-state index in [1.165, 1.54) is 0 Å². The standard InChI is InChI=1S/C15H19N3O/c1-11-5-4-6-12(17-11)10-18(2)15-8-7-13(19-3)9-14(15)16/h4-9H,10,16H2,1-3H3. The molecule has 0 saturated carbocycles. The summed E-state index contributed by atoms with van der Waals surface area (Å²) in [6.07, 6.45) is 0. The Morgan fingerprint density at radius 1 is 1.26 bits per heavy atom. The van der Waals surface area contributed by atoms with Crippen LogP contribution >= 0.6 is 0 Å². The Morgan fingerprint density at radius 3 is 2.68 bits per heavy atom. The third-order valence-corrected chi connectivity index (χ3v) is 2.99. The molecule has 0 fully saturated rings. The Bertz CT molecular complexity index is 569. The minimum atomic E-state index is 0.703. The first-order chi connectivity index (χ1) is 9.10. The summed E-state index contributed by atoms with van der Waals surface area (Å²) < 4.78 is 5.15. The van der Waals surface area contributed by atoms with Gasteiger partial charge in [-0.2, -0.15) is 0 Å². The molecule has 0 atom stereocenters. The van der Waals surface area contributed by atoms with Crippen LogP contribution < -0.4 is 15.4 Å². The summed E-state index contributed by atoms with van der Waals surface area (Å²) in [7, 11) is 3.64. The molecule has 1 aromatic carbocycles. The first kappa shape index (κ1) is 13.2. The van der Waals surface area contributed by atoms with Gasteiger partial charge in [-0.25, -0.2) is 0 Å². The van der Waals surface area contributed by atoms with Crippen LogP contribution in [0.5, 0.6) is 5.75 Å². The first-order valence-corrected chi connectivity index (χ1v) is 6.17. The van der Waals surface area contributed by atoms with Crippen molar-refractivity contribution in [3.8, 4) is 5.75 Å². The second-order valence-electron chi connectivity index (χ2n) is 4.55. The van der Waals surface area contributed by atoms with E-state index in [-0.39, 0.29) is 0 Å². The van der Waals surface area contributed by atoms with Crippen LogP contribution in [0.15, 0.2) is 36.4 Å². The van der Waals surface area contributed by atoms with E-state index in [0.717, 1.165) is 29.4 Å². The van der Waals surface area contributed by atoms with Crippen molar-refractivity contribution in [3.63, 3.8) is 0 Å². The van der Waals surface area contributed by atoms with Crippen molar-refractivity contribution in [1.82, 2.24) is 4.98 Å². The van der Waals surface area contributed by atoms with E-state index in [1.807, 2.05) is 50.4 Å². The lowest BCUT2D eigenvalue weighted by Crippen LogP contribution is -2.18. The Kier molecular flexibility index (Phi) is 3.90. The zero-order valence-electron chi connectivity index (χ0n) is 11.6. The average Bonchev–Trinajstić information content (AvgIpc) is 2.38. The number of anilines is 2. The summed E-state index contributed by atoms with van der Waals surface area (Å²) in [5, 5.41) is 0. The van der Waals surface area contributed by atoms with Crippen LogP contribution in [0.25, 0.3) is 0 Å². The van der Waals surface area contributed by atoms with Crippen LogP contribution in [-0.4, -0.2) is 19.1 Å². The van der Waals surface area contributed by atoms with Crippen LogP contribution in [-0.2, 0) is 6.54 Å². The molecule has 0 unspecified atom stereocenters. The highest BCUT2D eigenvalue weighted by molar-refractivity contribution is 5.69. The number of rotatable bonds is 4. The Morgan fingerprint density at radius 2 is 2.05 bits per heavy atom. The molecule has 0 aliphatic carbocycles. The van der Waals surface area contributed by atoms with Gasteiger partial charge in [0, 0.05) is 18.8 Å². The van der Waals surface area contributed by atoms with Gasteiger partial charge in [0.2, 0.25) is 0 Å². The molecule has 1 heterocycles. The maximum Gasteiger partial charge on any atom is 0.121 e. The van der Waals surface area contributed by atoms with E-state index in [0.29, 0.717) is 5.69 Å². The lowest BCUT2D eigenvalue weighted by atomic mass is 10.2. The first-order valence-electron chi connectivity index (χ1n) is 6.17. The lowest BCUT2D eigenvalue weighted by molar-refractivity contribution is 0.415. The fraction of sp³-hybridized carbons (Fsp3) is 0.267. The number of aromatic nitrogens is 1. The van der Waals surface area contributed by atoms with Crippen molar-refractivity contribution >= 4 is 11.4 Å². The van der Waals surface area contributed by atoms with E-state index in [1.54, 1.807) is 7.11 Å². The number of nitrogen functional groups attached to an aromatic ring is 1. The van der Waals surface area contributed by atoms with Gasteiger partial charge in [-0.1, -0.05) is 6.07 Å². The van der Waals surface area contributed by atoms with E-state index in [9.17, 15) is 0 Å². The number of nitrogens with zero attached hydrogens (tertiary/aromatic N) is 2. The van der Waals surface area contributed by atoms with Crippen molar-refractivity contribution in [1.29, 1.82) is 0 Å². The maximum atomic E-state index is 6.04. The third kappa shape index (κ3) is 3.16. The number of aryl methyl sites for hydroxylation is 1. The van der Waals surface area contributed by atoms with Crippen LogP contribution in [0.4, 0.5) is 11.4 Å². The molecule has 1 aromatic heterocycles. The number of nitrogens with two attached hydrogens (primary N) is 1. The molecule has 100 valence electrons. The molecule has 4 heteroatoms.